The molecule has 4 rings (SSSR count). The van der Waals surface area contributed by atoms with Crippen molar-refractivity contribution in [2.24, 2.45) is 0 Å². The fourth-order valence-corrected chi connectivity index (χ4v) is 6.68. The van der Waals surface area contributed by atoms with Crippen LogP contribution in [0.15, 0.2) is 6.07 Å². The number of rotatable bonds is 7. The summed E-state index contributed by atoms with van der Waals surface area (Å²) in [6.07, 6.45) is 6.21. The third-order valence-electron chi connectivity index (χ3n) is 7.70. The van der Waals surface area contributed by atoms with E-state index in [0.717, 1.165) is 16.0 Å². The van der Waals surface area contributed by atoms with Crippen LogP contribution >= 0.6 is 22.7 Å². The summed E-state index contributed by atoms with van der Waals surface area (Å²) in [6, 6.07) is 2.36. The Bertz CT molecular complexity index is 876. The van der Waals surface area contributed by atoms with E-state index in [1.54, 1.807) is 11.3 Å². The van der Waals surface area contributed by atoms with Gasteiger partial charge >= 0.3 is 14.2 Å². The van der Waals surface area contributed by atoms with Gasteiger partial charge in [-0.05, 0) is 74.3 Å². The summed E-state index contributed by atoms with van der Waals surface area (Å²) in [5, 5.41) is 1.24. The average molecular weight is 476 g/mol. The van der Waals surface area contributed by atoms with Crippen LogP contribution in [0, 0.1) is 0 Å². The van der Waals surface area contributed by atoms with Crippen LogP contribution in [-0.2, 0) is 25.0 Å². The van der Waals surface area contributed by atoms with E-state index in [1.807, 2.05) is 11.3 Å². The van der Waals surface area contributed by atoms with Crippen molar-refractivity contribution >= 4 is 56.5 Å². The third kappa shape index (κ3) is 4.25. The molecular weight excluding hydrogens is 438 g/mol. The van der Waals surface area contributed by atoms with Gasteiger partial charge < -0.3 is 18.6 Å². The lowest BCUT2D eigenvalue weighted by atomic mass is 9.83. The van der Waals surface area contributed by atoms with Gasteiger partial charge in [-0.1, -0.05) is 26.2 Å². The van der Waals surface area contributed by atoms with Crippen molar-refractivity contribution in [1.82, 2.24) is 0 Å². The number of hydrogen-bond acceptors (Lipinski definition) is 6. The first-order valence-corrected chi connectivity index (χ1v) is 13.7. The minimum atomic E-state index is -0.369. The van der Waals surface area contributed by atoms with E-state index >= 15 is 0 Å². The zero-order valence-electron chi connectivity index (χ0n) is 21.2. The second-order valence-corrected chi connectivity index (χ2v) is 13.5. The maximum Gasteiger partial charge on any atom is 0.506 e. The fraction of sp³-hybridized carbons (Fsp3) is 0.750. The van der Waals surface area contributed by atoms with Crippen LogP contribution in [0.3, 0.4) is 0 Å². The molecule has 0 saturated carbocycles. The van der Waals surface area contributed by atoms with Crippen molar-refractivity contribution in [3.05, 3.63) is 10.9 Å². The van der Waals surface area contributed by atoms with E-state index in [9.17, 15) is 0 Å². The lowest BCUT2D eigenvalue weighted by Gasteiger charge is -2.32. The van der Waals surface area contributed by atoms with Gasteiger partial charge in [-0.25, -0.2) is 0 Å². The summed E-state index contributed by atoms with van der Waals surface area (Å²) in [4.78, 5) is 1.43. The summed E-state index contributed by atoms with van der Waals surface area (Å²) in [7, 11) is -0.735. The van der Waals surface area contributed by atoms with Crippen molar-refractivity contribution in [3.63, 3.8) is 0 Å². The number of hydrogen-bond donors (Lipinski definition) is 0. The fourth-order valence-electron chi connectivity index (χ4n) is 4.11. The van der Waals surface area contributed by atoms with Crippen molar-refractivity contribution in [1.29, 1.82) is 0 Å². The van der Waals surface area contributed by atoms with Crippen LogP contribution in [-0.4, -0.2) is 36.6 Å². The van der Waals surface area contributed by atoms with Gasteiger partial charge in [0.1, 0.15) is 0 Å². The van der Waals surface area contributed by atoms with Crippen LogP contribution in [0.2, 0.25) is 0 Å². The molecule has 0 aromatic carbocycles. The Morgan fingerprint density at radius 2 is 1.19 bits per heavy atom. The zero-order valence-corrected chi connectivity index (χ0v) is 22.9. The monoisotopic (exact) mass is 476 g/mol. The second kappa shape index (κ2) is 8.39. The molecule has 2 aromatic rings. The highest BCUT2D eigenvalue weighted by atomic mass is 32.1. The normalized spacial score (nSPS) is 23.5. The minimum Gasteiger partial charge on any atom is -0.399 e. The average Bonchev–Trinajstić information content (AvgIpc) is 3.32. The number of fused-ring (bicyclic) bond motifs is 1. The molecule has 4 heterocycles. The van der Waals surface area contributed by atoms with Gasteiger partial charge in [-0.2, -0.15) is 11.3 Å². The first kappa shape index (κ1) is 24.7. The number of aryl methyl sites for hydroxylation is 1. The lowest BCUT2D eigenvalue weighted by Crippen LogP contribution is -2.41. The molecule has 2 aliphatic rings. The number of thiophene rings is 2. The Hall–Kier alpha value is -0.370. The molecule has 32 heavy (non-hydrogen) atoms. The smallest absolute Gasteiger partial charge is 0.399 e. The molecular formula is C24H38B2O4S2. The Kier molecular flexibility index (Phi) is 6.48. The highest BCUT2D eigenvalue weighted by Crippen LogP contribution is 2.41. The minimum absolute atomic E-state index is 0.362. The number of unbranched alkanes of at least 4 members (excludes halogenated alkanes) is 3. The van der Waals surface area contributed by atoms with Gasteiger partial charge in [0.05, 0.1) is 27.2 Å². The molecule has 4 nitrogen and oxygen atoms in total. The van der Waals surface area contributed by atoms with Crippen LogP contribution in [0.25, 0.3) is 10.1 Å². The zero-order chi connectivity index (χ0) is 23.5. The molecule has 0 radical (unpaired) electrons. The quantitative estimate of drug-likeness (QED) is 0.381. The lowest BCUT2D eigenvalue weighted by molar-refractivity contribution is 0.00578. The first-order valence-electron chi connectivity index (χ1n) is 12.0. The summed E-state index contributed by atoms with van der Waals surface area (Å²) < 4.78 is 29.4. The summed E-state index contributed by atoms with van der Waals surface area (Å²) in [5.74, 6) is 0. The molecule has 0 amide bonds. The van der Waals surface area contributed by atoms with E-state index in [1.165, 1.54) is 40.6 Å². The Labute approximate surface area is 202 Å². The Morgan fingerprint density at radius 3 is 1.69 bits per heavy atom. The predicted octanol–water partition coefficient (Wildman–Crippen LogP) is 5.68. The molecule has 0 spiro atoms. The van der Waals surface area contributed by atoms with Crippen molar-refractivity contribution in [2.75, 3.05) is 0 Å². The van der Waals surface area contributed by atoms with Crippen LogP contribution in [0.4, 0.5) is 0 Å². The third-order valence-corrected chi connectivity index (χ3v) is 10.3. The predicted molar refractivity (Wildman–Crippen MR) is 139 cm³/mol. The SMILES string of the molecule is CCCCCCc1cc2c(B3OC(C)(C)C(C)(C)O3)sc(B3OC(C)(C)C(C)(C)O3)c2s1. The topological polar surface area (TPSA) is 36.9 Å². The van der Waals surface area contributed by atoms with Gasteiger partial charge in [-0.3, -0.25) is 0 Å². The highest BCUT2D eigenvalue weighted by molar-refractivity contribution is 7.37. The molecule has 0 unspecified atom stereocenters. The summed E-state index contributed by atoms with van der Waals surface area (Å²) in [5.41, 5.74) is -1.45. The molecule has 2 aromatic heterocycles. The maximum absolute atomic E-state index is 6.45. The van der Waals surface area contributed by atoms with E-state index < -0.39 is 0 Å². The molecule has 2 fully saturated rings. The molecule has 176 valence electrons. The molecule has 0 atom stereocenters. The molecule has 2 aliphatic heterocycles. The standard InChI is InChI=1S/C24H38B2O4S2/c1-10-11-12-13-14-16-15-17-18(31-16)20(26-29-23(6,7)24(8,9)30-26)32-19(17)25-27-21(2,3)22(4,5)28-25/h15H,10-14H2,1-9H3. The van der Waals surface area contributed by atoms with Crippen LogP contribution in [0.5, 0.6) is 0 Å². The van der Waals surface area contributed by atoms with Crippen LogP contribution < -0.4 is 9.55 Å². The van der Waals surface area contributed by atoms with Gasteiger partial charge in [0.2, 0.25) is 0 Å². The van der Waals surface area contributed by atoms with E-state index in [2.05, 4.69) is 68.4 Å². The first-order chi connectivity index (χ1) is 14.8. The molecule has 0 aliphatic carbocycles. The summed E-state index contributed by atoms with van der Waals surface area (Å²) >= 11 is 3.62. The van der Waals surface area contributed by atoms with Crippen molar-refractivity contribution < 1.29 is 18.6 Å². The van der Waals surface area contributed by atoms with E-state index in [4.69, 9.17) is 18.6 Å². The largest absolute Gasteiger partial charge is 0.506 e. The maximum atomic E-state index is 6.45. The van der Waals surface area contributed by atoms with Gasteiger partial charge in [0, 0.05) is 19.7 Å². The van der Waals surface area contributed by atoms with E-state index in [0.29, 0.717) is 0 Å². The molecule has 2 saturated heterocycles. The highest BCUT2D eigenvalue weighted by Gasteiger charge is 2.55. The van der Waals surface area contributed by atoms with Gasteiger partial charge in [0.25, 0.3) is 0 Å². The molecule has 0 N–H and O–H groups in total. The Balaban J connectivity index is 1.71. The molecule has 0 bridgehead atoms. The second-order valence-electron chi connectivity index (χ2n) is 11.3. The van der Waals surface area contributed by atoms with E-state index in [-0.39, 0.29) is 36.6 Å². The Morgan fingerprint density at radius 1 is 0.688 bits per heavy atom. The summed E-state index contributed by atoms with van der Waals surface area (Å²) in [6.45, 7) is 19.1. The van der Waals surface area contributed by atoms with Crippen molar-refractivity contribution in [3.8, 4) is 0 Å². The van der Waals surface area contributed by atoms with Crippen molar-refractivity contribution in [2.45, 2.75) is 117 Å². The molecule has 8 heteroatoms. The van der Waals surface area contributed by atoms with Gasteiger partial charge in [-0.15, -0.1) is 11.3 Å². The van der Waals surface area contributed by atoms with Crippen LogP contribution in [0.1, 0.15) is 92.9 Å². The van der Waals surface area contributed by atoms with Gasteiger partial charge in [0.15, 0.2) is 0 Å².